The third kappa shape index (κ3) is 3.39. The van der Waals surface area contributed by atoms with Gasteiger partial charge in [-0.15, -0.1) is 0 Å². The van der Waals surface area contributed by atoms with Crippen molar-refractivity contribution in [3.63, 3.8) is 0 Å². The zero-order valence-electron chi connectivity index (χ0n) is 12.9. The minimum absolute atomic E-state index is 0.113. The number of nitrogens with one attached hydrogen (secondary N) is 2. The largest absolute Gasteiger partial charge is 0.497 e. The Kier molecular flexibility index (Phi) is 5.04. The molecule has 1 atom stereocenters. The van der Waals surface area contributed by atoms with E-state index >= 15 is 0 Å². The van der Waals surface area contributed by atoms with Gasteiger partial charge in [0.05, 0.1) is 20.1 Å². The molecule has 2 N–H and O–H groups in total. The van der Waals surface area contributed by atoms with Gasteiger partial charge in [-0.05, 0) is 31.5 Å². The molecule has 6 nitrogen and oxygen atoms in total. The maximum Gasteiger partial charge on any atom is 0.306 e. The third-order valence-corrected chi connectivity index (χ3v) is 3.55. The first-order chi connectivity index (χ1) is 10.6. The molecule has 0 aliphatic rings. The fourth-order valence-corrected chi connectivity index (χ4v) is 2.48. The van der Waals surface area contributed by atoms with Crippen molar-refractivity contribution in [3.05, 3.63) is 51.4 Å². The van der Waals surface area contributed by atoms with E-state index < -0.39 is 0 Å². The molecule has 0 amide bonds. The minimum Gasteiger partial charge on any atom is -0.497 e. The van der Waals surface area contributed by atoms with Gasteiger partial charge in [-0.1, -0.05) is 12.1 Å². The number of hydrogen-bond acceptors (Lipinski definition) is 4. The molecule has 1 aromatic carbocycles. The molecular weight excluding hydrogens is 284 g/mol. The van der Waals surface area contributed by atoms with Crippen molar-refractivity contribution < 1.29 is 14.3 Å². The summed E-state index contributed by atoms with van der Waals surface area (Å²) in [4.78, 5) is 24.0. The third-order valence-electron chi connectivity index (χ3n) is 3.55. The zero-order chi connectivity index (χ0) is 16.1. The second kappa shape index (κ2) is 6.98. The Labute approximate surface area is 128 Å². The smallest absolute Gasteiger partial charge is 0.306 e. The highest BCUT2D eigenvalue weighted by atomic mass is 16.5. The molecule has 0 saturated heterocycles. The summed E-state index contributed by atoms with van der Waals surface area (Å²) in [5, 5.41) is 5.36. The molecular formula is C16H20N2O4. The molecule has 0 bridgehead atoms. The molecule has 0 aliphatic carbocycles. The van der Waals surface area contributed by atoms with Gasteiger partial charge in [0.25, 0.3) is 5.56 Å². The Bertz CT molecular complexity index is 685. The molecule has 1 aromatic heterocycles. The number of H-pyrrole nitrogens is 2. The number of aryl methyl sites for hydroxylation is 1. The second-order valence-corrected chi connectivity index (χ2v) is 4.95. The summed E-state index contributed by atoms with van der Waals surface area (Å²) in [5.74, 6) is 0.0293. The van der Waals surface area contributed by atoms with Crippen LogP contribution in [0.15, 0.2) is 29.1 Å². The summed E-state index contributed by atoms with van der Waals surface area (Å²) >= 11 is 0. The van der Waals surface area contributed by atoms with Gasteiger partial charge in [0.2, 0.25) is 0 Å². The van der Waals surface area contributed by atoms with E-state index in [1.54, 1.807) is 21.0 Å². The van der Waals surface area contributed by atoms with Crippen LogP contribution in [0.3, 0.4) is 0 Å². The lowest BCUT2D eigenvalue weighted by Crippen LogP contribution is -2.18. The number of aromatic nitrogens is 2. The maximum atomic E-state index is 12.1. The Balaban J connectivity index is 2.40. The fraction of sp³-hybridized carbons (Fsp3) is 0.375. The summed E-state index contributed by atoms with van der Waals surface area (Å²) < 4.78 is 10.2. The predicted molar refractivity (Wildman–Crippen MR) is 82.2 cm³/mol. The Morgan fingerprint density at radius 1 is 1.23 bits per heavy atom. The molecule has 0 fully saturated rings. The molecule has 0 radical (unpaired) electrons. The number of carbonyl (C=O) groups is 1. The van der Waals surface area contributed by atoms with E-state index in [4.69, 9.17) is 9.47 Å². The van der Waals surface area contributed by atoms with E-state index in [1.807, 2.05) is 24.3 Å². The SMILES string of the molecule is CCOC(=O)C[C@H](c1ccc(OC)cc1)c1c(C)[nH][nH]c1=O. The Hall–Kier alpha value is -2.50. The number of methoxy groups -OCH3 is 1. The van der Waals surface area contributed by atoms with Gasteiger partial charge in [-0.3, -0.25) is 14.7 Å². The number of rotatable bonds is 6. The first kappa shape index (κ1) is 15.9. The summed E-state index contributed by atoms with van der Waals surface area (Å²) in [6, 6.07) is 7.33. The Morgan fingerprint density at radius 3 is 2.41 bits per heavy atom. The summed E-state index contributed by atoms with van der Waals surface area (Å²) in [5.41, 5.74) is 1.91. The van der Waals surface area contributed by atoms with Crippen molar-refractivity contribution >= 4 is 5.97 Å². The molecule has 22 heavy (non-hydrogen) atoms. The Morgan fingerprint density at radius 2 is 1.91 bits per heavy atom. The number of ether oxygens (including phenoxy) is 2. The van der Waals surface area contributed by atoms with Gasteiger partial charge in [-0.2, -0.15) is 0 Å². The zero-order valence-corrected chi connectivity index (χ0v) is 12.9. The highest BCUT2D eigenvalue weighted by molar-refractivity contribution is 5.71. The highest BCUT2D eigenvalue weighted by Gasteiger charge is 2.24. The van der Waals surface area contributed by atoms with Crippen molar-refractivity contribution in [1.29, 1.82) is 0 Å². The van der Waals surface area contributed by atoms with Crippen molar-refractivity contribution in [3.8, 4) is 5.75 Å². The lowest BCUT2D eigenvalue weighted by molar-refractivity contribution is -0.143. The molecule has 1 heterocycles. The van der Waals surface area contributed by atoms with E-state index in [0.29, 0.717) is 12.2 Å². The van der Waals surface area contributed by atoms with Crippen LogP contribution in [0.4, 0.5) is 0 Å². The van der Waals surface area contributed by atoms with Crippen LogP contribution in [0.1, 0.15) is 36.1 Å². The van der Waals surface area contributed by atoms with Crippen LogP contribution in [0.5, 0.6) is 5.75 Å². The average Bonchev–Trinajstić information content (AvgIpc) is 2.84. The van der Waals surface area contributed by atoms with Crippen molar-refractivity contribution in [2.75, 3.05) is 13.7 Å². The molecule has 2 aromatic rings. The summed E-state index contributed by atoms with van der Waals surface area (Å²) in [7, 11) is 1.59. The van der Waals surface area contributed by atoms with Crippen LogP contribution in [0, 0.1) is 6.92 Å². The van der Waals surface area contributed by atoms with Crippen LogP contribution in [-0.2, 0) is 9.53 Å². The standard InChI is InChI=1S/C16H20N2O4/c1-4-22-14(19)9-13(15-10(2)17-18-16(15)20)11-5-7-12(21-3)8-6-11/h5-8,13H,4,9H2,1-3H3,(H2,17,18,20)/t13-/m1/s1. The molecule has 118 valence electrons. The highest BCUT2D eigenvalue weighted by Crippen LogP contribution is 2.29. The normalized spacial score (nSPS) is 12.0. The average molecular weight is 304 g/mol. The predicted octanol–water partition coefficient (Wildman–Crippen LogP) is 2.11. The number of hydrogen-bond donors (Lipinski definition) is 2. The van der Waals surface area contributed by atoms with Crippen LogP contribution in [-0.4, -0.2) is 29.9 Å². The lowest BCUT2D eigenvalue weighted by Gasteiger charge is -2.16. The molecule has 0 saturated carbocycles. The topological polar surface area (TPSA) is 84.2 Å². The summed E-state index contributed by atoms with van der Waals surface area (Å²) in [6.07, 6.45) is 0.113. The minimum atomic E-state index is -0.361. The molecule has 2 rings (SSSR count). The number of aromatic amines is 2. The van der Waals surface area contributed by atoms with Gasteiger partial charge in [-0.25, -0.2) is 0 Å². The van der Waals surface area contributed by atoms with Gasteiger partial charge < -0.3 is 14.6 Å². The van der Waals surface area contributed by atoms with Crippen molar-refractivity contribution in [2.45, 2.75) is 26.2 Å². The van der Waals surface area contributed by atoms with Gasteiger partial charge in [0, 0.05) is 17.2 Å². The first-order valence-electron chi connectivity index (χ1n) is 7.13. The van der Waals surface area contributed by atoms with Crippen LogP contribution < -0.4 is 10.3 Å². The maximum absolute atomic E-state index is 12.1. The molecule has 0 spiro atoms. The van der Waals surface area contributed by atoms with E-state index in [-0.39, 0.29) is 23.9 Å². The number of esters is 1. The van der Waals surface area contributed by atoms with Gasteiger partial charge in [0.1, 0.15) is 5.75 Å². The monoisotopic (exact) mass is 304 g/mol. The van der Waals surface area contributed by atoms with Crippen LogP contribution in [0.2, 0.25) is 0 Å². The van der Waals surface area contributed by atoms with Crippen molar-refractivity contribution in [1.82, 2.24) is 10.2 Å². The lowest BCUT2D eigenvalue weighted by atomic mass is 9.88. The second-order valence-electron chi connectivity index (χ2n) is 4.95. The van der Waals surface area contributed by atoms with Crippen LogP contribution in [0.25, 0.3) is 0 Å². The van der Waals surface area contributed by atoms with Gasteiger partial charge >= 0.3 is 5.97 Å². The number of benzene rings is 1. The van der Waals surface area contributed by atoms with E-state index in [0.717, 1.165) is 17.0 Å². The van der Waals surface area contributed by atoms with Crippen LogP contribution >= 0.6 is 0 Å². The van der Waals surface area contributed by atoms with E-state index in [9.17, 15) is 9.59 Å². The van der Waals surface area contributed by atoms with Crippen molar-refractivity contribution in [2.24, 2.45) is 0 Å². The van der Waals surface area contributed by atoms with E-state index in [1.165, 1.54) is 0 Å². The molecule has 0 aliphatic heterocycles. The fourth-order valence-electron chi connectivity index (χ4n) is 2.48. The van der Waals surface area contributed by atoms with Gasteiger partial charge in [0.15, 0.2) is 0 Å². The summed E-state index contributed by atoms with van der Waals surface area (Å²) in [6.45, 7) is 3.88. The quantitative estimate of drug-likeness (QED) is 0.801. The molecule has 0 unspecified atom stereocenters. The first-order valence-corrected chi connectivity index (χ1v) is 7.13. The molecule has 6 heteroatoms. The van der Waals surface area contributed by atoms with E-state index in [2.05, 4.69) is 10.2 Å². The number of carbonyl (C=O) groups excluding carboxylic acids is 1.